The molecule has 166 valence electrons. The van der Waals surface area contributed by atoms with Gasteiger partial charge in [-0.2, -0.15) is 5.10 Å². The summed E-state index contributed by atoms with van der Waals surface area (Å²) in [5.74, 6) is 0.832. The molecule has 0 atom stereocenters. The molecule has 1 aromatic heterocycles. The Morgan fingerprint density at radius 1 is 1.03 bits per heavy atom. The second-order valence-electron chi connectivity index (χ2n) is 7.37. The van der Waals surface area contributed by atoms with E-state index in [1.165, 1.54) is 5.56 Å². The normalized spacial score (nSPS) is 11.0. The molecule has 0 bridgehead atoms. The Balaban J connectivity index is 1.36. The number of hydrazone groups is 1. The lowest BCUT2D eigenvalue weighted by molar-refractivity contribution is -0.123. The van der Waals surface area contributed by atoms with Crippen LogP contribution in [0.3, 0.4) is 0 Å². The second-order valence-corrected chi connectivity index (χ2v) is 8.29. The molecule has 0 saturated carbocycles. The van der Waals surface area contributed by atoms with Gasteiger partial charge in [0.15, 0.2) is 6.61 Å². The number of aromatic nitrogens is 1. The molecule has 0 unspecified atom stereocenters. The number of pyridine rings is 1. The molecule has 0 saturated heterocycles. The number of carbonyl (C=O) groups excluding carboxylic acids is 1. The number of benzene rings is 3. The number of hydrogen-bond donors (Lipinski definition) is 1. The zero-order chi connectivity index (χ0) is 23.0. The Bertz CT molecular complexity index is 1300. The van der Waals surface area contributed by atoms with E-state index in [1.54, 1.807) is 18.5 Å². The average Bonchev–Trinajstić information content (AvgIpc) is 2.82. The van der Waals surface area contributed by atoms with Crippen LogP contribution in [0.5, 0.6) is 11.5 Å². The minimum Gasteiger partial charge on any atom is -0.488 e. The Hall–Kier alpha value is -3.71. The van der Waals surface area contributed by atoms with Crippen LogP contribution in [0.4, 0.5) is 0 Å². The quantitative estimate of drug-likeness (QED) is 0.257. The highest BCUT2D eigenvalue weighted by Crippen LogP contribution is 2.24. The maximum absolute atomic E-state index is 12.2. The summed E-state index contributed by atoms with van der Waals surface area (Å²) in [5, 5.41) is 5.01. The number of halogens is 1. The first kappa shape index (κ1) is 22.5. The Labute approximate surface area is 200 Å². The maximum Gasteiger partial charge on any atom is 0.277 e. The summed E-state index contributed by atoms with van der Waals surface area (Å²) in [6, 6.07) is 23.2. The van der Waals surface area contributed by atoms with Crippen LogP contribution in [-0.4, -0.2) is 23.7 Å². The van der Waals surface area contributed by atoms with E-state index in [-0.39, 0.29) is 12.5 Å². The Morgan fingerprint density at radius 2 is 1.88 bits per heavy atom. The summed E-state index contributed by atoms with van der Waals surface area (Å²) in [6.45, 7) is 2.30. The summed E-state index contributed by atoms with van der Waals surface area (Å²) in [5.41, 5.74) is 6.19. The van der Waals surface area contributed by atoms with Crippen molar-refractivity contribution in [1.82, 2.24) is 10.4 Å². The molecular formula is C26H22BrN3O3. The van der Waals surface area contributed by atoms with Crippen molar-refractivity contribution >= 4 is 39.0 Å². The van der Waals surface area contributed by atoms with Gasteiger partial charge in [0.2, 0.25) is 0 Å². The summed E-state index contributed by atoms with van der Waals surface area (Å²) >= 11 is 3.46. The number of aryl methyl sites for hydroxylation is 1. The predicted molar refractivity (Wildman–Crippen MR) is 133 cm³/mol. The SMILES string of the molecule is Cc1cccc(COc2ccc(Br)cc2/C=N/NC(=O)COc2cccc3cccnc23)c1. The number of hydrogen-bond acceptors (Lipinski definition) is 5. The number of carbonyl (C=O) groups is 1. The molecule has 0 aliphatic heterocycles. The fourth-order valence-electron chi connectivity index (χ4n) is 3.26. The van der Waals surface area contributed by atoms with E-state index in [2.05, 4.69) is 37.5 Å². The molecule has 0 aliphatic carbocycles. The topological polar surface area (TPSA) is 72.8 Å². The van der Waals surface area contributed by atoms with Gasteiger partial charge in [0, 0.05) is 21.6 Å². The van der Waals surface area contributed by atoms with Crippen molar-refractivity contribution in [1.29, 1.82) is 0 Å². The van der Waals surface area contributed by atoms with Crippen LogP contribution in [0.25, 0.3) is 10.9 Å². The minimum absolute atomic E-state index is 0.178. The van der Waals surface area contributed by atoms with Crippen molar-refractivity contribution in [3.8, 4) is 11.5 Å². The van der Waals surface area contributed by atoms with Gasteiger partial charge in [-0.15, -0.1) is 0 Å². The smallest absolute Gasteiger partial charge is 0.277 e. The number of fused-ring (bicyclic) bond motifs is 1. The maximum atomic E-state index is 12.2. The third-order valence-electron chi connectivity index (χ3n) is 4.80. The van der Waals surface area contributed by atoms with E-state index in [9.17, 15) is 4.79 Å². The molecular weight excluding hydrogens is 482 g/mol. The number of amides is 1. The molecule has 6 nitrogen and oxygen atoms in total. The van der Waals surface area contributed by atoms with Crippen molar-refractivity contribution in [2.45, 2.75) is 13.5 Å². The van der Waals surface area contributed by atoms with Crippen molar-refractivity contribution < 1.29 is 14.3 Å². The van der Waals surface area contributed by atoms with Gasteiger partial charge in [0.25, 0.3) is 5.91 Å². The van der Waals surface area contributed by atoms with Crippen molar-refractivity contribution in [3.63, 3.8) is 0 Å². The zero-order valence-corrected chi connectivity index (χ0v) is 19.6. The monoisotopic (exact) mass is 503 g/mol. The van der Waals surface area contributed by atoms with E-state index in [1.807, 2.05) is 67.6 Å². The highest BCUT2D eigenvalue weighted by atomic mass is 79.9. The van der Waals surface area contributed by atoms with Crippen LogP contribution in [0.15, 0.2) is 88.6 Å². The van der Waals surface area contributed by atoms with E-state index < -0.39 is 0 Å². The van der Waals surface area contributed by atoms with Crippen LogP contribution in [0.2, 0.25) is 0 Å². The van der Waals surface area contributed by atoms with Crippen LogP contribution >= 0.6 is 15.9 Å². The van der Waals surface area contributed by atoms with Crippen LogP contribution in [0, 0.1) is 6.92 Å². The Kier molecular flexibility index (Phi) is 7.32. The van der Waals surface area contributed by atoms with Crippen LogP contribution < -0.4 is 14.9 Å². The number of rotatable bonds is 8. The van der Waals surface area contributed by atoms with Gasteiger partial charge in [0.05, 0.1) is 6.21 Å². The van der Waals surface area contributed by atoms with E-state index in [4.69, 9.17) is 9.47 Å². The zero-order valence-electron chi connectivity index (χ0n) is 18.0. The molecule has 1 N–H and O–H groups in total. The second kappa shape index (κ2) is 10.7. The third-order valence-corrected chi connectivity index (χ3v) is 5.29. The van der Waals surface area contributed by atoms with Crippen molar-refractivity contribution in [2.24, 2.45) is 5.10 Å². The molecule has 0 spiro atoms. The average molecular weight is 504 g/mol. The van der Waals surface area contributed by atoms with Crippen LogP contribution in [-0.2, 0) is 11.4 Å². The number of nitrogens with zero attached hydrogens (tertiary/aromatic N) is 2. The van der Waals surface area contributed by atoms with Crippen molar-refractivity contribution in [3.05, 3.63) is 100 Å². The van der Waals surface area contributed by atoms with Gasteiger partial charge < -0.3 is 9.47 Å². The summed E-state index contributed by atoms with van der Waals surface area (Å²) in [4.78, 5) is 16.5. The third kappa shape index (κ3) is 6.17. The predicted octanol–water partition coefficient (Wildman–Crippen LogP) is 5.41. The molecule has 3 aromatic carbocycles. The van der Waals surface area contributed by atoms with Gasteiger partial charge in [0.1, 0.15) is 23.6 Å². The molecule has 33 heavy (non-hydrogen) atoms. The fraction of sp³-hybridized carbons (Fsp3) is 0.115. The minimum atomic E-state index is -0.378. The molecule has 4 rings (SSSR count). The van der Waals surface area contributed by atoms with Crippen LogP contribution in [0.1, 0.15) is 16.7 Å². The molecule has 1 amide bonds. The number of ether oxygens (including phenoxy) is 2. The molecule has 7 heteroatoms. The van der Waals surface area contributed by atoms with Gasteiger partial charge in [-0.25, -0.2) is 5.43 Å². The fourth-order valence-corrected chi connectivity index (χ4v) is 3.64. The summed E-state index contributed by atoms with van der Waals surface area (Å²) < 4.78 is 12.5. The lowest BCUT2D eigenvalue weighted by Crippen LogP contribution is -2.24. The molecule has 0 fully saturated rings. The first-order chi connectivity index (χ1) is 16.1. The lowest BCUT2D eigenvalue weighted by atomic mass is 10.1. The van der Waals surface area contributed by atoms with Gasteiger partial charge in [-0.3, -0.25) is 9.78 Å². The molecule has 1 heterocycles. The standard InChI is InChI=1S/C26H22BrN3O3/c1-18-5-2-6-19(13-18)16-32-23-11-10-22(27)14-21(23)15-29-30-25(31)17-33-24-9-3-7-20-8-4-12-28-26(20)24/h2-15H,16-17H2,1H3,(H,30,31)/b29-15+. The highest BCUT2D eigenvalue weighted by molar-refractivity contribution is 9.10. The molecule has 4 aromatic rings. The van der Waals surface area contributed by atoms with Gasteiger partial charge in [-0.1, -0.05) is 64.0 Å². The first-order valence-corrected chi connectivity index (χ1v) is 11.1. The van der Waals surface area contributed by atoms with Gasteiger partial charge in [-0.05, 0) is 42.8 Å². The Morgan fingerprint density at radius 3 is 2.76 bits per heavy atom. The largest absolute Gasteiger partial charge is 0.488 e. The molecule has 0 aliphatic rings. The number of nitrogens with one attached hydrogen (secondary N) is 1. The number of para-hydroxylation sites is 1. The van der Waals surface area contributed by atoms with E-state index in [0.717, 1.165) is 21.0 Å². The van der Waals surface area contributed by atoms with E-state index >= 15 is 0 Å². The lowest BCUT2D eigenvalue weighted by Gasteiger charge is -2.10. The van der Waals surface area contributed by atoms with E-state index in [0.29, 0.717) is 23.6 Å². The van der Waals surface area contributed by atoms with Gasteiger partial charge >= 0.3 is 0 Å². The molecule has 0 radical (unpaired) electrons. The highest BCUT2D eigenvalue weighted by Gasteiger charge is 2.07. The van der Waals surface area contributed by atoms with Crippen molar-refractivity contribution in [2.75, 3.05) is 6.61 Å². The first-order valence-electron chi connectivity index (χ1n) is 10.3. The summed E-state index contributed by atoms with van der Waals surface area (Å²) in [6.07, 6.45) is 3.24. The summed E-state index contributed by atoms with van der Waals surface area (Å²) in [7, 11) is 0.